The van der Waals surface area contributed by atoms with Crippen LogP contribution in [0.3, 0.4) is 0 Å². The predicted octanol–water partition coefficient (Wildman–Crippen LogP) is 4.63. The van der Waals surface area contributed by atoms with Crippen LogP contribution in [0.15, 0.2) is 77.4 Å². The molecule has 1 aromatic heterocycles. The molecule has 1 fully saturated rings. The summed E-state index contributed by atoms with van der Waals surface area (Å²) in [5, 5.41) is 11.4. The maximum absolute atomic E-state index is 13.4. The monoisotopic (exact) mass is 419 g/mol. The van der Waals surface area contributed by atoms with Gasteiger partial charge in [0.2, 0.25) is 5.91 Å². The molecule has 3 aromatic rings. The van der Waals surface area contributed by atoms with E-state index in [-0.39, 0.29) is 22.4 Å². The third-order valence-electron chi connectivity index (χ3n) is 5.72. The van der Waals surface area contributed by atoms with Crippen molar-refractivity contribution in [1.29, 1.82) is 0 Å². The molecule has 0 aliphatic carbocycles. The molecule has 1 aliphatic heterocycles. The summed E-state index contributed by atoms with van der Waals surface area (Å²) < 4.78 is 5.48. The van der Waals surface area contributed by atoms with Crippen LogP contribution in [-0.2, 0) is 17.9 Å². The molecule has 4 rings (SSSR count). The van der Waals surface area contributed by atoms with E-state index >= 15 is 0 Å². The van der Waals surface area contributed by atoms with E-state index in [2.05, 4.69) is 0 Å². The van der Waals surface area contributed by atoms with Crippen molar-refractivity contribution in [2.45, 2.75) is 25.9 Å². The minimum absolute atomic E-state index is 0.0995. The molecule has 1 aliphatic rings. The van der Waals surface area contributed by atoms with Crippen molar-refractivity contribution in [2.24, 2.45) is 5.92 Å². The molecule has 2 aromatic carbocycles. The quantitative estimate of drug-likeness (QED) is 0.412. The van der Waals surface area contributed by atoms with Gasteiger partial charge in [0.05, 0.1) is 17.7 Å². The minimum Gasteiger partial charge on any atom is -0.467 e. The number of para-hydroxylation sites is 2. The Kier molecular flexibility index (Phi) is 6.31. The summed E-state index contributed by atoms with van der Waals surface area (Å²) in [6.07, 6.45) is 2.94. The number of hydrogen-bond donors (Lipinski definition) is 0. The molecular formula is C24H25N3O4. The van der Waals surface area contributed by atoms with Crippen LogP contribution in [0.5, 0.6) is 0 Å². The van der Waals surface area contributed by atoms with E-state index < -0.39 is 0 Å². The predicted molar refractivity (Wildman–Crippen MR) is 117 cm³/mol. The highest BCUT2D eigenvalue weighted by Gasteiger charge is 2.31. The van der Waals surface area contributed by atoms with Gasteiger partial charge in [0, 0.05) is 31.6 Å². The van der Waals surface area contributed by atoms with Crippen molar-refractivity contribution in [3.05, 3.63) is 94.4 Å². The van der Waals surface area contributed by atoms with Crippen LogP contribution >= 0.6 is 0 Å². The molecule has 1 saturated heterocycles. The van der Waals surface area contributed by atoms with Crippen LogP contribution in [0.25, 0.3) is 0 Å². The van der Waals surface area contributed by atoms with Gasteiger partial charge in [-0.2, -0.15) is 0 Å². The first-order valence-electron chi connectivity index (χ1n) is 10.5. The number of anilines is 1. The number of furan rings is 1. The molecule has 0 bridgehead atoms. The number of nitro benzene ring substituents is 1. The number of amides is 1. The SMILES string of the molecule is O=C(C1CCN(c2ccccc2[N+](=O)[O-])CC1)N(Cc1ccccc1)Cc1ccco1. The Morgan fingerprint density at radius 1 is 1.00 bits per heavy atom. The topological polar surface area (TPSA) is 79.8 Å². The van der Waals surface area contributed by atoms with E-state index in [1.165, 1.54) is 6.07 Å². The van der Waals surface area contributed by atoms with Crippen LogP contribution in [-0.4, -0.2) is 28.8 Å². The Morgan fingerprint density at radius 2 is 1.71 bits per heavy atom. The fourth-order valence-corrected chi connectivity index (χ4v) is 4.12. The van der Waals surface area contributed by atoms with E-state index in [1.807, 2.05) is 58.3 Å². The molecule has 2 heterocycles. The zero-order chi connectivity index (χ0) is 21.6. The first-order chi connectivity index (χ1) is 15.1. The molecule has 0 saturated carbocycles. The van der Waals surface area contributed by atoms with Crippen LogP contribution in [0, 0.1) is 16.0 Å². The van der Waals surface area contributed by atoms with Gasteiger partial charge in [-0.15, -0.1) is 0 Å². The van der Waals surface area contributed by atoms with Crippen molar-refractivity contribution in [3.8, 4) is 0 Å². The van der Waals surface area contributed by atoms with Crippen LogP contribution in [0.2, 0.25) is 0 Å². The molecule has 0 spiro atoms. The van der Waals surface area contributed by atoms with Gasteiger partial charge in [-0.3, -0.25) is 14.9 Å². The van der Waals surface area contributed by atoms with Crippen molar-refractivity contribution in [1.82, 2.24) is 4.90 Å². The molecular weight excluding hydrogens is 394 g/mol. The van der Waals surface area contributed by atoms with E-state index in [4.69, 9.17) is 4.42 Å². The largest absolute Gasteiger partial charge is 0.467 e. The summed E-state index contributed by atoms with van der Waals surface area (Å²) in [5.41, 5.74) is 1.80. The number of hydrogen-bond acceptors (Lipinski definition) is 5. The fraction of sp³-hybridized carbons (Fsp3) is 0.292. The number of carbonyl (C=O) groups is 1. The molecule has 0 N–H and O–H groups in total. The van der Waals surface area contributed by atoms with Crippen molar-refractivity contribution < 1.29 is 14.1 Å². The highest BCUT2D eigenvalue weighted by molar-refractivity contribution is 5.79. The maximum atomic E-state index is 13.4. The Hall–Kier alpha value is -3.61. The molecule has 1 amide bonds. The summed E-state index contributed by atoms with van der Waals surface area (Å²) in [7, 11) is 0. The minimum atomic E-state index is -0.350. The molecule has 0 radical (unpaired) electrons. The van der Waals surface area contributed by atoms with Gasteiger partial charge >= 0.3 is 0 Å². The van der Waals surface area contributed by atoms with Gasteiger partial charge in [-0.1, -0.05) is 42.5 Å². The molecule has 7 heteroatoms. The van der Waals surface area contributed by atoms with Crippen LogP contribution in [0.1, 0.15) is 24.2 Å². The number of nitro groups is 1. The third kappa shape index (κ3) is 4.94. The van der Waals surface area contributed by atoms with Gasteiger partial charge < -0.3 is 14.2 Å². The molecule has 0 unspecified atom stereocenters. The standard InChI is InChI=1S/C24H25N3O4/c28-24(26(18-21-9-6-16-31-21)17-19-7-2-1-3-8-19)20-12-14-25(15-13-20)22-10-4-5-11-23(22)27(29)30/h1-11,16,20H,12-15,17-18H2. The van der Waals surface area contributed by atoms with Crippen molar-refractivity contribution in [3.63, 3.8) is 0 Å². The second kappa shape index (κ2) is 9.47. The van der Waals surface area contributed by atoms with E-state index in [9.17, 15) is 14.9 Å². The van der Waals surface area contributed by atoms with Gasteiger partial charge in [0.15, 0.2) is 0 Å². The second-order valence-corrected chi connectivity index (χ2v) is 7.77. The van der Waals surface area contributed by atoms with Crippen molar-refractivity contribution >= 4 is 17.3 Å². The number of carbonyl (C=O) groups excluding carboxylic acids is 1. The highest BCUT2D eigenvalue weighted by Crippen LogP contribution is 2.32. The third-order valence-corrected chi connectivity index (χ3v) is 5.72. The Bertz CT molecular complexity index is 1010. The molecule has 0 atom stereocenters. The average Bonchev–Trinajstić information content (AvgIpc) is 3.32. The van der Waals surface area contributed by atoms with Crippen molar-refractivity contribution in [2.75, 3.05) is 18.0 Å². The van der Waals surface area contributed by atoms with Gasteiger partial charge in [0.1, 0.15) is 11.4 Å². The summed E-state index contributed by atoms with van der Waals surface area (Å²) >= 11 is 0. The molecule has 7 nitrogen and oxygen atoms in total. The number of rotatable bonds is 7. The first kappa shape index (κ1) is 20.7. The van der Waals surface area contributed by atoms with Crippen LogP contribution < -0.4 is 4.90 Å². The normalized spacial score (nSPS) is 14.4. The van der Waals surface area contributed by atoms with E-state index in [0.29, 0.717) is 44.7 Å². The summed E-state index contributed by atoms with van der Waals surface area (Å²) in [6, 6.07) is 20.4. The Morgan fingerprint density at radius 3 is 2.39 bits per heavy atom. The smallest absolute Gasteiger partial charge is 0.292 e. The van der Waals surface area contributed by atoms with Gasteiger partial charge in [-0.05, 0) is 36.6 Å². The highest BCUT2D eigenvalue weighted by atomic mass is 16.6. The summed E-state index contributed by atoms with van der Waals surface area (Å²) in [4.78, 5) is 28.3. The van der Waals surface area contributed by atoms with E-state index in [1.54, 1.807) is 18.4 Å². The lowest BCUT2D eigenvalue weighted by Gasteiger charge is -2.35. The van der Waals surface area contributed by atoms with Gasteiger partial charge in [0.25, 0.3) is 5.69 Å². The zero-order valence-corrected chi connectivity index (χ0v) is 17.2. The first-order valence-corrected chi connectivity index (χ1v) is 10.5. The Balaban J connectivity index is 1.45. The second-order valence-electron chi connectivity index (χ2n) is 7.77. The lowest BCUT2D eigenvalue weighted by atomic mass is 9.94. The Labute approximate surface area is 181 Å². The zero-order valence-electron chi connectivity index (χ0n) is 17.2. The number of benzene rings is 2. The average molecular weight is 419 g/mol. The van der Waals surface area contributed by atoms with E-state index in [0.717, 1.165) is 11.3 Å². The lowest BCUT2D eigenvalue weighted by Crippen LogP contribution is -2.42. The molecule has 160 valence electrons. The fourth-order valence-electron chi connectivity index (χ4n) is 4.12. The van der Waals surface area contributed by atoms with Crippen LogP contribution in [0.4, 0.5) is 11.4 Å². The summed E-state index contributed by atoms with van der Waals surface area (Å²) in [6.45, 7) is 2.16. The summed E-state index contributed by atoms with van der Waals surface area (Å²) in [5.74, 6) is 0.738. The maximum Gasteiger partial charge on any atom is 0.292 e. The lowest BCUT2D eigenvalue weighted by molar-refractivity contribution is -0.384. The van der Waals surface area contributed by atoms with Gasteiger partial charge in [-0.25, -0.2) is 0 Å². The molecule has 31 heavy (non-hydrogen) atoms. The number of nitrogens with zero attached hydrogens (tertiary/aromatic N) is 3. The number of piperidine rings is 1.